The van der Waals surface area contributed by atoms with E-state index in [-0.39, 0.29) is 17.8 Å². The van der Waals surface area contributed by atoms with Crippen LogP contribution in [-0.2, 0) is 9.53 Å². The highest BCUT2D eigenvalue weighted by Crippen LogP contribution is 2.27. The minimum absolute atomic E-state index is 0.146. The van der Waals surface area contributed by atoms with E-state index in [1.54, 1.807) is 23.6 Å². The van der Waals surface area contributed by atoms with Crippen molar-refractivity contribution in [1.29, 1.82) is 0 Å². The van der Waals surface area contributed by atoms with Crippen LogP contribution in [0.3, 0.4) is 0 Å². The zero-order valence-corrected chi connectivity index (χ0v) is 19.3. The second-order valence-electron chi connectivity index (χ2n) is 8.24. The van der Waals surface area contributed by atoms with Crippen molar-refractivity contribution in [1.82, 2.24) is 14.7 Å². The van der Waals surface area contributed by atoms with E-state index in [1.165, 1.54) is 0 Å². The first-order chi connectivity index (χ1) is 16.0. The predicted octanol–water partition coefficient (Wildman–Crippen LogP) is 4.27. The number of aryl methyl sites for hydroxylation is 1. The Morgan fingerprint density at radius 2 is 1.94 bits per heavy atom. The number of carbonyl (C=O) groups is 2. The van der Waals surface area contributed by atoms with Crippen molar-refractivity contribution in [2.75, 3.05) is 26.8 Å². The Bertz CT molecular complexity index is 1150. The molecule has 7 heteroatoms. The third-order valence-electron chi connectivity index (χ3n) is 5.87. The summed E-state index contributed by atoms with van der Waals surface area (Å²) in [6, 6.07) is 17.3. The number of benzene rings is 2. The largest absolute Gasteiger partial charge is 0.497 e. The smallest absolute Gasteiger partial charge is 0.310 e. The summed E-state index contributed by atoms with van der Waals surface area (Å²) in [6.07, 6.45) is 1.49. The van der Waals surface area contributed by atoms with E-state index >= 15 is 0 Å². The van der Waals surface area contributed by atoms with E-state index in [9.17, 15) is 9.59 Å². The van der Waals surface area contributed by atoms with Gasteiger partial charge in [-0.15, -0.1) is 0 Å². The van der Waals surface area contributed by atoms with E-state index in [0.29, 0.717) is 31.1 Å². The van der Waals surface area contributed by atoms with Crippen LogP contribution in [0.2, 0.25) is 0 Å². The standard InChI is InChI=1S/C26H29N3O4/c1-4-33-26(31)20-10-7-13-28(17-20)25(30)24-16-23(19-9-6-12-22(15-19)32-3)27-29(24)21-11-5-8-18(2)14-21/h5-6,8-9,11-12,14-16,20H,4,7,10,13,17H2,1-3H3. The molecule has 1 fully saturated rings. The van der Waals surface area contributed by atoms with Gasteiger partial charge in [0.1, 0.15) is 11.4 Å². The highest BCUT2D eigenvalue weighted by molar-refractivity contribution is 5.95. The summed E-state index contributed by atoms with van der Waals surface area (Å²) in [5.74, 6) is 0.0426. The molecule has 7 nitrogen and oxygen atoms in total. The van der Waals surface area contributed by atoms with Gasteiger partial charge in [-0.3, -0.25) is 9.59 Å². The van der Waals surface area contributed by atoms with Gasteiger partial charge in [0.2, 0.25) is 0 Å². The molecule has 0 bridgehead atoms. The summed E-state index contributed by atoms with van der Waals surface area (Å²) >= 11 is 0. The zero-order chi connectivity index (χ0) is 23.4. The van der Waals surface area contributed by atoms with E-state index in [2.05, 4.69) is 0 Å². The summed E-state index contributed by atoms with van der Waals surface area (Å²) in [4.78, 5) is 27.7. The van der Waals surface area contributed by atoms with Gasteiger partial charge in [0.05, 0.1) is 31.0 Å². The molecule has 172 valence electrons. The van der Waals surface area contributed by atoms with Gasteiger partial charge in [0.25, 0.3) is 5.91 Å². The third kappa shape index (κ3) is 4.92. The Kier molecular flexibility index (Phi) is 6.77. The van der Waals surface area contributed by atoms with E-state index in [0.717, 1.165) is 35.4 Å². The van der Waals surface area contributed by atoms with Crippen LogP contribution in [0.4, 0.5) is 0 Å². The number of esters is 1. The number of aromatic nitrogens is 2. The Morgan fingerprint density at radius 1 is 1.12 bits per heavy atom. The molecule has 33 heavy (non-hydrogen) atoms. The SMILES string of the molecule is CCOC(=O)C1CCCN(C(=O)c2cc(-c3cccc(OC)c3)nn2-c2cccc(C)c2)C1. The van der Waals surface area contributed by atoms with Gasteiger partial charge in [-0.25, -0.2) is 4.68 Å². The number of hydrogen-bond donors (Lipinski definition) is 0. The molecule has 1 aliphatic heterocycles. The molecule has 2 heterocycles. The molecule has 2 aromatic carbocycles. The van der Waals surface area contributed by atoms with Crippen LogP contribution in [0, 0.1) is 12.8 Å². The van der Waals surface area contributed by atoms with Gasteiger partial charge in [0, 0.05) is 18.7 Å². The Morgan fingerprint density at radius 3 is 2.70 bits per heavy atom. The molecule has 0 aliphatic carbocycles. The molecule has 0 spiro atoms. The molecule has 0 N–H and O–H groups in total. The predicted molar refractivity (Wildman–Crippen MR) is 126 cm³/mol. The second-order valence-corrected chi connectivity index (χ2v) is 8.24. The first-order valence-electron chi connectivity index (χ1n) is 11.3. The minimum Gasteiger partial charge on any atom is -0.497 e. The Labute approximate surface area is 193 Å². The van der Waals surface area contributed by atoms with Gasteiger partial charge in [-0.05, 0) is 62.6 Å². The lowest BCUT2D eigenvalue weighted by Gasteiger charge is -2.31. The van der Waals surface area contributed by atoms with Crippen LogP contribution in [0.1, 0.15) is 35.8 Å². The number of amides is 1. The Balaban J connectivity index is 1.72. The fourth-order valence-electron chi connectivity index (χ4n) is 4.19. The van der Waals surface area contributed by atoms with Crippen molar-refractivity contribution in [3.63, 3.8) is 0 Å². The van der Waals surface area contributed by atoms with Crippen LogP contribution in [0.25, 0.3) is 16.9 Å². The lowest BCUT2D eigenvalue weighted by Crippen LogP contribution is -2.43. The first-order valence-corrected chi connectivity index (χ1v) is 11.3. The molecule has 1 saturated heterocycles. The quantitative estimate of drug-likeness (QED) is 0.528. The summed E-state index contributed by atoms with van der Waals surface area (Å²) in [6.45, 7) is 5.09. The maximum absolute atomic E-state index is 13.7. The number of rotatable bonds is 6. The van der Waals surface area contributed by atoms with Gasteiger partial charge < -0.3 is 14.4 Å². The van der Waals surface area contributed by atoms with E-state index in [1.807, 2.05) is 61.5 Å². The van der Waals surface area contributed by atoms with Crippen molar-refractivity contribution in [3.05, 3.63) is 65.9 Å². The first kappa shape index (κ1) is 22.6. The van der Waals surface area contributed by atoms with Crippen LogP contribution in [-0.4, -0.2) is 53.4 Å². The van der Waals surface area contributed by atoms with Crippen LogP contribution in [0.5, 0.6) is 5.75 Å². The maximum Gasteiger partial charge on any atom is 0.310 e. The molecule has 1 aliphatic rings. The fourth-order valence-corrected chi connectivity index (χ4v) is 4.19. The zero-order valence-electron chi connectivity index (χ0n) is 19.3. The fraction of sp³-hybridized carbons (Fsp3) is 0.346. The van der Waals surface area contributed by atoms with Crippen molar-refractivity contribution in [2.24, 2.45) is 5.92 Å². The highest BCUT2D eigenvalue weighted by atomic mass is 16.5. The second kappa shape index (κ2) is 9.90. The number of likely N-dealkylation sites (tertiary alicyclic amines) is 1. The summed E-state index contributed by atoms with van der Waals surface area (Å²) < 4.78 is 12.2. The van der Waals surface area contributed by atoms with Crippen LogP contribution in [0.15, 0.2) is 54.6 Å². The number of ether oxygens (including phenoxy) is 2. The average Bonchev–Trinajstić information content (AvgIpc) is 3.29. The van der Waals surface area contributed by atoms with E-state index < -0.39 is 0 Å². The molecular formula is C26H29N3O4. The molecule has 1 unspecified atom stereocenters. The van der Waals surface area contributed by atoms with Crippen molar-refractivity contribution >= 4 is 11.9 Å². The topological polar surface area (TPSA) is 73.7 Å². The minimum atomic E-state index is -0.296. The molecule has 1 atom stereocenters. The van der Waals surface area contributed by atoms with Crippen molar-refractivity contribution in [3.8, 4) is 22.7 Å². The molecular weight excluding hydrogens is 418 g/mol. The monoisotopic (exact) mass is 447 g/mol. The molecule has 1 amide bonds. The van der Waals surface area contributed by atoms with Crippen LogP contribution >= 0.6 is 0 Å². The highest BCUT2D eigenvalue weighted by Gasteiger charge is 2.31. The summed E-state index contributed by atoms with van der Waals surface area (Å²) in [5.41, 5.74) is 3.88. The lowest BCUT2D eigenvalue weighted by molar-refractivity contribution is -0.149. The number of hydrogen-bond acceptors (Lipinski definition) is 5. The normalized spacial score (nSPS) is 15.8. The molecule has 0 saturated carbocycles. The third-order valence-corrected chi connectivity index (χ3v) is 5.87. The summed E-state index contributed by atoms with van der Waals surface area (Å²) in [7, 11) is 1.62. The maximum atomic E-state index is 13.7. The molecule has 1 aromatic heterocycles. The number of carbonyl (C=O) groups excluding carboxylic acids is 2. The molecule has 3 aromatic rings. The molecule has 0 radical (unpaired) electrons. The number of methoxy groups -OCH3 is 1. The van der Waals surface area contributed by atoms with Crippen LogP contribution < -0.4 is 4.74 Å². The molecule has 4 rings (SSSR count). The lowest BCUT2D eigenvalue weighted by atomic mass is 9.98. The van der Waals surface area contributed by atoms with Gasteiger partial charge >= 0.3 is 5.97 Å². The van der Waals surface area contributed by atoms with Gasteiger partial charge in [-0.2, -0.15) is 5.10 Å². The van der Waals surface area contributed by atoms with Gasteiger partial charge in [-0.1, -0.05) is 24.3 Å². The van der Waals surface area contributed by atoms with E-state index in [4.69, 9.17) is 14.6 Å². The van der Waals surface area contributed by atoms with Gasteiger partial charge in [0.15, 0.2) is 0 Å². The Hall–Kier alpha value is -3.61. The summed E-state index contributed by atoms with van der Waals surface area (Å²) in [5, 5.41) is 4.79. The van der Waals surface area contributed by atoms with Crippen molar-refractivity contribution in [2.45, 2.75) is 26.7 Å². The number of nitrogens with zero attached hydrogens (tertiary/aromatic N) is 3. The van der Waals surface area contributed by atoms with Crippen molar-refractivity contribution < 1.29 is 19.1 Å². The number of piperidine rings is 1. The average molecular weight is 448 g/mol.